The van der Waals surface area contributed by atoms with Gasteiger partial charge in [0.2, 0.25) is 5.91 Å². The topological polar surface area (TPSA) is 181 Å². The molecule has 1 aromatic carbocycles. The van der Waals surface area contributed by atoms with E-state index in [0.717, 1.165) is 74.2 Å². The maximum atomic E-state index is 12.5. The summed E-state index contributed by atoms with van der Waals surface area (Å²) in [5.74, 6) is 1.22. The predicted molar refractivity (Wildman–Crippen MR) is 194 cm³/mol. The maximum absolute atomic E-state index is 12.5. The number of nitrogens with one attached hydrogen (secondary N) is 2. The number of aromatic nitrogens is 3. The first kappa shape index (κ1) is 39.3. The number of amides is 1. The van der Waals surface area contributed by atoms with Gasteiger partial charge in [0.05, 0.1) is 71.6 Å². The Morgan fingerprint density at radius 3 is 2.26 bits per heavy atom. The number of aryl methyl sites for hydroxylation is 2. The van der Waals surface area contributed by atoms with Crippen molar-refractivity contribution in [3.63, 3.8) is 0 Å². The lowest BCUT2D eigenvalue weighted by molar-refractivity contribution is -0.118. The molecule has 1 unspecified atom stereocenters. The van der Waals surface area contributed by atoms with Gasteiger partial charge in [-0.3, -0.25) is 4.79 Å². The lowest BCUT2D eigenvalue weighted by Crippen LogP contribution is -2.40. The zero-order valence-corrected chi connectivity index (χ0v) is 29.4. The minimum absolute atomic E-state index is 0.419. The molecule has 0 radical (unpaired) electrons. The monoisotopic (exact) mass is 696 g/mol. The van der Waals surface area contributed by atoms with Crippen LogP contribution in [-0.4, -0.2) is 131 Å². The van der Waals surface area contributed by atoms with Gasteiger partial charge in [0.15, 0.2) is 0 Å². The molecule has 6 N–H and O–H groups in total. The van der Waals surface area contributed by atoms with E-state index in [2.05, 4.69) is 37.6 Å². The number of fused-ring (bicyclic) bond motifs is 2. The molecule has 4 rings (SSSR count). The van der Waals surface area contributed by atoms with Gasteiger partial charge < -0.3 is 50.7 Å². The maximum Gasteiger partial charge on any atom is 0.240 e. The van der Waals surface area contributed by atoms with Gasteiger partial charge in [-0.2, -0.15) is 0 Å². The first-order valence-corrected chi connectivity index (χ1v) is 17.9. The number of nitrogens with two attached hydrogens (primary N) is 2. The van der Waals surface area contributed by atoms with E-state index in [1.165, 1.54) is 11.9 Å². The van der Waals surface area contributed by atoms with Crippen molar-refractivity contribution in [1.29, 1.82) is 0 Å². The highest BCUT2D eigenvalue weighted by molar-refractivity contribution is 5.91. The van der Waals surface area contributed by atoms with E-state index in [9.17, 15) is 4.79 Å². The first-order valence-electron chi connectivity index (χ1n) is 17.9. The lowest BCUT2D eigenvalue weighted by Gasteiger charge is -2.25. The molecule has 2 aromatic heterocycles. The molecule has 276 valence electrons. The van der Waals surface area contributed by atoms with Crippen molar-refractivity contribution in [2.45, 2.75) is 44.6 Å². The van der Waals surface area contributed by atoms with Crippen LogP contribution in [0.3, 0.4) is 0 Å². The average molecular weight is 697 g/mol. The summed E-state index contributed by atoms with van der Waals surface area (Å²) in [5, 5.41) is 7.55. The summed E-state index contributed by atoms with van der Waals surface area (Å²) in [6, 6.07) is 11.5. The normalized spacial score (nSPS) is 13.3. The summed E-state index contributed by atoms with van der Waals surface area (Å²) in [4.78, 5) is 28.4. The number of hydrogen-bond acceptors (Lipinski definition) is 13. The number of unbranched alkanes of at least 4 members (excludes halogenated alkanes) is 1. The molecular weight excluding hydrogens is 640 g/mol. The zero-order valence-electron chi connectivity index (χ0n) is 29.4. The zero-order chi connectivity index (χ0) is 35.1. The van der Waals surface area contributed by atoms with Crippen molar-refractivity contribution >= 4 is 28.4 Å². The smallest absolute Gasteiger partial charge is 0.240 e. The van der Waals surface area contributed by atoms with Crippen LogP contribution in [0.4, 0.5) is 11.6 Å². The largest absolute Gasteiger partial charge is 0.378 e. The van der Waals surface area contributed by atoms with E-state index in [1.807, 2.05) is 24.3 Å². The second-order valence-electron chi connectivity index (χ2n) is 12.1. The molecule has 0 saturated heterocycles. The molecule has 0 spiro atoms. The van der Waals surface area contributed by atoms with E-state index in [0.29, 0.717) is 91.4 Å². The van der Waals surface area contributed by atoms with Gasteiger partial charge in [0.25, 0.3) is 0 Å². The third-order valence-corrected chi connectivity index (χ3v) is 8.34. The number of hydrogen-bond donors (Lipinski definition) is 4. The fraction of sp³-hybridized carbons (Fsp3) is 0.611. The minimum Gasteiger partial charge on any atom is -0.378 e. The van der Waals surface area contributed by atoms with Crippen molar-refractivity contribution in [3.05, 3.63) is 54.0 Å². The SMILES string of the molecule is NCCOCCOCCOCCOCCOCCN(CCCCc1ccc2c(n1)NCCC2)CCC(Nc1ncnc2ccccc12)C(N)=O. The molecule has 0 bridgehead atoms. The van der Waals surface area contributed by atoms with Crippen LogP contribution in [0, 0.1) is 0 Å². The Bertz CT molecular complexity index is 1380. The Morgan fingerprint density at radius 1 is 0.840 bits per heavy atom. The van der Waals surface area contributed by atoms with Gasteiger partial charge >= 0.3 is 0 Å². The number of primary amides is 1. The van der Waals surface area contributed by atoms with Crippen LogP contribution in [-0.2, 0) is 41.3 Å². The molecule has 14 heteroatoms. The Balaban J connectivity index is 1.16. The summed E-state index contributed by atoms with van der Waals surface area (Å²) in [6.45, 7) is 8.93. The Hall–Kier alpha value is -3.50. The second kappa shape index (κ2) is 23.8. The number of ether oxygens (including phenoxy) is 5. The number of pyridine rings is 1. The molecule has 1 amide bonds. The molecule has 0 aliphatic carbocycles. The van der Waals surface area contributed by atoms with Gasteiger partial charge in [-0.05, 0) is 68.8 Å². The van der Waals surface area contributed by atoms with Crippen LogP contribution >= 0.6 is 0 Å². The molecule has 50 heavy (non-hydrogen) atoms. The van der Waals surface area contributed by atoms with Crippen molar-refractivity contribution in [2.75, 3.05) is 109 Å². The highest BCUT2D eigenvalue weighted by atomic mass is 16.6. The van der Waals surface area contributed by atoms with E-state index < -0.39 is 11.9 Å². The molecule has 0 fully saturated rings. The molecule has 3 heterocycles. The number of carbonyl (C=O) groups excluding carboxylic acids is 1. The molecule has 1 aliphatic rings. The number of para-hydroxylation sites is 1. The molecule has 14 nitrogen and oxygen atoms in total. The lowest BCUT2D eigenvalue weighted by atomic mass is 10.1. The number of rotatable bonds is 28. The van der Waals surface area contributed by atoms with Crippen molar-refractivity contribution in [3.8, 4) is 0 Å². The van der Waals surface area contributed by atoms with Gasteiger partial charge in [0.1, 0.15) is 24.0 Å². The average Bonchev–Trinajstić information content (AvgIpc) is 3.14. The van der Waals surface area contributed by atoms with E-state index in [4.69, 9.17) is 40.1 Å². The van der Waals surface area contributed by atoms with Crippen LogP contribution in [0.2, 0.25) is 0 Å². The second-order valence-corrected chi connectivity index (χ2v) is 12.1. The summed E-state index contributed by atoms with van der Waals surface area (Å²) in [5.41, 5.74) is 14.5. The van der Waals surface area contributed by atoms with Crippen molar-refractivity contribution < 1.29 is 28.5 Å². The summed E-state index contributed by atoms with van der Waals surface area (Å²) < 4.78 is 27.8. The van der Waals surface area contributed by atoms with Crippen LogP contribution in [0.15, 0.2) is 42.7 Å². The molecule has 0 saturated carbocycles. The van der Waals surface area contributed by atoms with E-state index in [-0.39, 0.29) is 0 Å². The van der Waals surface area contributed by atoms with Gasteiger partial charge in [-0.25, -0.2) is 15.0 Å². The number of carbonyl (C=O) groups is 1. The van der Waals surface area contributed by atoms with Crippen molar-refractivity contribution in [1.82, 2.24) is 19.9 Å². The number of benzene rings is 1. The quantitative estimate of drug-likeness (QED) is 0.0814. The van der Waals surface area contributed by atoms with Crippen LogP contribution < -0.4 is 22.1 Å². The Labute approximate surface area is 295 Å². The Morgan fingerprint density at radius 2 is 1.54 bits per heavy atom. The van der Waals surface area contributed by atoms with Crippen molar-refractivity contribution in [2.24, 2.45) is 11.5 Å². The Kier molecular flexibility index (Phi) is 18.7. The predicted octanol–water partition coefficient (Wildman–Crippen LogP) is 2.41. The molecule has 1 aliphatic heterocycles. The van der Waals surface area contributed by atoms with Gasteiger partial charge in [-0.15, -0.1) is 0 Å². The van der Waals surface area contributed by atoms with Gasteiger partial charge in [0, 0.05) is 37.3 Å². The van der Waals surface area contributed by atoms with Crippen LogP contribution in [0.5, 0.6) is 0 Å². The third-order valence-electron chi connectivity index (χ3n) is 8.34. The molecule has 1 atom stereocenters. The molecule has 3 aromatic rings. The van der Waals surface area contributed by atoms with Gasteiger partial charge in [-0.1, -0.05) is 18.2 Å². The number of anilines is 2. The fourth-order valence-corrected chi connectivity index (χ4v) is 5.63. The highest BCUT2D eigenvalue weighted by Gasteiger charge is 2.19. The standard InChI is InChI=1S/C36H56N8O6/c37-13-18-46-20-22-48-24-26-50-27-25-49-23-21-47-19-17-44(15-4-3-7-30-11-10-29-6-5-14-39-35(29)42-30)16-12-33(34(38)45)43-36-31-8-1-2-9-32(31)40-28-41-36/h1-2,8-11,28,33H,3-7,12-27,37H2,(H2,38,45)(H,39,42)(H,40,41,43). The summed E-state index contributed by atoms with van der Waals surface area (Å²) in [6.07, 6.45) is 7.20. The molecular formula is C36H56N8O6. The summed E-state index contributed by atoms with van der Waals surface area (Å²) >= 11 is 0. The summed E-state index contributed by atoms with van der Waals surface area (Å²) in [7, 11) is 0. The van der Waals surface area contributed by atoms with Crippen LogP contribution in [0.1, 0.15) is 36.9 Å². The van der Waals surface area contributed by atoms with Crippen LogP contribution in [0.25, 0.3) is 10.9 Å². The number of nitrogens with zero attached hydrogens (tertiary/aromatic N) is 4. The first-order chi connectivity index (χ1) is 24.6. The fourth-order valence-electron chi connectivity index (χ4n) is 5.63. The third kappa shape index (κ3) is 14.8. The highest BCUT2D eigenvalue weighted by Crippen LogP contribution is 2.21. The minimum atomic E-state index is -0.582. The van der Waals surface area contributed by atoms with E-state index in [1.54, 1.807) is 0 Å². The van der Waals surface area contributed by atoms with E-state index >= 15 is 0 Å².